The van der Waals surface area contributed by atoms with Crippen LogP contribution in [0.3, 0.4) is 0 Å². The Labute approximate surface area is 308 Å². The van der Waals surface area contributed by atoms with Gasteiger partial charge in [-0.1, -0.05) is 23.6 Å². The van der Waals surface area contributed by atoms with Crippen LogP contribution in [-0.4, -0.2) is 41.2 Å². The van der Waals surface area contributed by atoms with Crippen molar-refractivity contribution in [2.75, 3.05) is 5.73 Å². The quantitative estimate of drug-likeness (QED) is 0.119. The van der Waals surface area contributed by atoms with Crippen LogP contribution in [0, 0.1) is 29.4 Å². The zero-order valence-electron chi connectivity index (χ0n) is 28.8. The van der Waals surface area contributed by atoms with E-state index in [0.717, 1.165) is 12.1 Å². The van der Waals surface area contributed by atoms with Gasteiger partial charge in [-0.3, -0.25) is 14.2 Å². The Kier molecular flexibility index (Phi) is 8.96. The van der Waals surface area contributed by atoms with Gasteiger partial charge in [0, 0.05) is 35.7 Å². The summed E-state index contributed by atoms with van der Waals surface area (Å²) in [5.74, 6) is -3.44. The van der Waals surface area contributed by atoms with Crippen LogP contribution in [-0.2, 0) is 36.9 Å². The van der Waals surface area contributed by atoms with Gasteiger partial charge in [0.25, 0.3) is 5.92 Å². The molecule has 2 aliphatic rings. The van der Waals surface area contributed by atoms with Gasteiger partial charge in [0.15, 0.2) is 11.5 Å². The summed E-state index contributed by atoms with van der Waals surface area (Å²) in [7, 11) is 1.61. The number of nitrogen functional groups attached to an aromatic ring is 1. The molecule has 4 N–H and O–H groups in total. The van der Waals surface area contributed by atoms with E-state index in [1.165, 1.54) is 24.6 Å². The molecule has 1 saturated carbocycles. The van der Waals surface area contributed by atoms with E-state index in [9.17, 15) is 31.9 Å². The number of rotatable bonds is 7. The molecule has 3 atom stereocenters. The maximum absolute atomic E-state index is 15.6. The molecule has 0 unspecified atom stereocenters. The van der Waals surface area contributed by atoms with Crippen LogP contribution in [0.1, 0.15) is 72.6 Å². The lowest BCUT2D eigenvalue weighted by Gasteiger charge is -2.34. The minimum Gasteiger partial charge on any atom is -0.382 e. The van der Waals surface area contributed by atoms with Crippen molar-refractivity contribution in [2.45, 2.75) is 69.3 Å². The Morgan fingerprint density at radius 3 is 2.41 bits per heavy atom. The highest BCUT2D eigenvalue weighted by molar-refractivity contribution is 6.37. The standard InChI is InChI=1S/C37H31ClF7N7O2/c1-35(2,54)11-10-20-4-5-21(22-7-9-25(38)29-31(22)51(3)50-34(29)46)30(47-20)26(14-17-12-18(39)15-19(40)13-17)48-27(53)16-52-33-28(32(49-52)37(43,44)45)23-6-8-24(23)36(33,41)42/h4-5,7,9,12-13,15,23-24,26,54H,6,8,14,16H2,1-3H3,(H2,46,50)(H,48,53)/t23-,24+,26-/m0/s1. The highest BCUT2D eigenvalue weighted by Crippen LogP contribution is 2.64. The predicted octanol–water partition coefficient (Wildman–Crippen LogP) is 7.19. The van der Waals surface area contributed by atoms with E-state index in [0.29, 0.717) is 32.8 Å². The third-order valence-corrected chi connectivity index (χ3v) is 10.00. The summed E-state index contributed by atoms with van der Waals surface area (Å²) in [6.07, 6.45) is -5.25. The van der Waals surface area contributed by atoms with Gasteiger partial charge >= 0.3 is 6.18 Å². The van der Waals surface area contributed by atoms with E-state index in [1.54, 1.807) is 25.2 Å². The second kappa shape index (κ2) is 13.0. The van der Waals surface area contributed by atoms with Crippen molar-refractivity contribution in [3.8, 4) is 23.0 Å². The SMILES string of the molecule is Cn1nc(N)c2c(Cl)ccc(-c3ccc(C#CC(C)(C)O)nc3[C@H](Cc3cc(F)cc(F)c3)NC(=O)Cn3nc(C(F)(F)F)c4c3C(F)(F)[C@@H]3CC[C@H]43)c21. The smallest absolute Gasteiger partial charge is 0.382 e. The fourth-order valence-electron chi connectivity index (χ4n) is 7.39. The maximum Gasteiger partial charge on any atom is 0.435 e. The minimum absolute atomic E-state index is 0.0174. The number of alkyl halides is 5. The number of pyridine rings is 1. The molecule has 0 aliphatic heterocycles. The topological polar surface area (TPSA) is 124 Å². The number of carbonyl (C=O) groups excluding carboxylic acids is 1. The number of fused-ring (bicyclic) bond motifs is 4. The maximum atomic E-state index is 15.6. The number of benzene rings is 2. The molecule has 1 fully saturated rings. The number of nitrogens with zero attached hydrogens (tertiary/aromatic N) is 5. The van der Waals surface area contributed by atoms with Crippen LogP contribution in [0.15, 0.2) is 42.5 Å². The molecule has 17 heteroatoms. The summed E-state index contributed by atoms with van der Waals surface area (Å²) in [5.41, 5.74) is 3.14. The molecule has 2 aliphatic carbocycles. The highest BCUT2D eigenvalue weighted by atomic mass is 35.5. The van der Waals surface area contributed by atoms with E-state index in [1.807, 2.05) is 0 Å². The average molecular weight is 774 g/mol. The van der Waals surface area contributed by atoms with Gasteiger partial charge in [0.05, 0.1) is 27.7 Å². The van der Waals surface area contributed by atoms with Crippen LogP contribution in [0.25, 0.3) is 22.0 Å². The molecule has 0 spiro atoms. The van der Waals surface area contributed by atoms with Crippen molar-refractivity contribution in [3.05, 3.63) is 93.0 Å². The fraction of sp³-hybridized carbons (Fsp3) is 0.351. The van der Waals surface area contributed by atoms with Crippen molar-refractivity contribution in [2.24, 2.45) is 13.0 Å². The van der Waals surface area contributed by atoms with Crippen molar-refractivity contribution in [3.63, 3.8) is 0 Å². The molecule has 7 rings (SSSR count). The second-order valence-electron chi connectivity index (χ2n) is 14.0. The predicted molar refractivity (Wildman–Crippen MR) is 184 cm³/mol. The highest BCUT2D eigenvalue weighted by Gasteiger charge is 2.63. The largest absolute Gasteiger partial charge is 0.435 e. The molecule has 1 amide bonds. The lowest BCUT2D eigenvalue weighted by atomic mass is 9.73. The van der Waals surface area contributed by atoms with Gasteiger partial charge in [0.2, 0.25) is 5.91 Å². The minimum atomic E-state index is -5.06. The Morgan fingerprint density at radius 2 is 1.78 bits per heavy atom. The van der Waals surface area contributed by atoms with Crippen LogP contribution >= 0.6 is 11.6 Å². The third-order valence-electron chi connectivity index (χ3n) is 9.68. The van der Waals surface area contributed by atoms with Gasteiger partial charge < -0.3 is 16.2 Å². The molecule has 282 valence electrons. The van der Waals surface area contributed by atoms with Crippen molar-refractivity contribution in [1.29, 1.82) is 0 Å². The van der Waals surface area contributed by atoms with Crippen molar-refractivity contribution < 1.29 is 40.6 Å². The number of aliphatic hydroxyl groups is 1. The van der Waals surface area contributed by atoms with Crippen molar-refractivity contribution >= 4 is 34.2 Å². The molecular weight excluding hydrogens is 743 g/mol. The lowest BCUT2D eigenvalue weighted by Crippen LogP contribution is -2.36. The number of carbonyl (C=O) groups is 1. The Hall–Kier alpha value is -5.14. The number of hydrogen-bond acceptors (Lipinski definition) is 6. The summed E-state index contributed by atoms with van der Waals surface area (Å²) in [6.45, 7) is 1.84. The zero-order chi connectivity index (χ0) is 39.1. The van der Waals surface area contributed by atoms with Gasteiger partial charge in [-0.05, 0) is 80.8 Å². The Bertz CT molecular complexity index is 2390. The molecule has 5 aromatic rings. The van der Waals surface area contributed by atoms with E-state index in [2.05, 4.69) is 27.4 Å². The summed E-state index contributed by atoms with van der Waals surface area (Å²) >= 11 is 6.49. The number of nitrogens with one attached hydrogen (secondary N) is 1. The number of anilines is 1. The van der Waals surface area contributed by atoms with Crippen LogP contribution in [0.2, 0.25) is 5.02 Å². The Balaban J connectivity index is 1.37. The van der Waals surface area contributed by atoms with Gasteiger partial charge in [-0.2, -0.15) is 32.1 Å². The van der Waals surface area contributed by atoms with E-state index in [-0.39, 0.29) is 47.1 Å². The molecule has 9 nitrogen and oxygen atoms in total. The lowest BCUT2D eigenvalue weighted by molar-refractivity contribution is -0.144. The molecule has 3 heterocycles. The van der Waals surface area contributed by atoms with Gasteiger partial charge in [-0.25, -0.2) is 13.8 Å². The monoisotopic (exact) mass is 773 g/mol. The first-order chi connectivity index (χ1) is 25.2. The first kappa shape index (κ1) is 37.2. The van der Waals surface area contributed by atoms with Gasteiger partial charge in [-0.15, -0.1) is 0 Å². The molecule has 0 radical (unpaired) electrons. The number of amides is 1. The summed E-state index contributed by atoms with van der Waals surface area (Å²) < 4.78 is 104. The molecule has 0 saturated heterocycles. The molecule has 3 aromatic heterocycles. The molecule has 0 bridgehead atoms. The third kappa shape index (κ3) is 6.64. The van der Waals surface area contributed by atoms with E-state index >= 15 is 8.78 Å². The number of halogens is 8. The average Bonchev–Trinajstić information content (AvgIpc) is 3.60. The van der Waals surface area contributed by atoms with Crippen LogP contribution < -0.4 is 11.1 Å². The van der Waals surface area contributed by atoms with Crippen LogP contribution in [0.4, 0.5) is 36.6 Å². The first-order valence-electron chi connectivity index (χ1n) is 16.7. The number of nitrogens with two attached hydrogens (primary N) is 1. The number of aryl methyl sites for hydroxylation is 1. The summed E-state index contributed by atoms with van der Waals surface area (Å²) in [4.78, 5) is 18.6. The number of aromatic nitrogens is 5. The second-order valence-corrected chi connectivity index (χ2v) is 14.5. The summed E-state index contributed by atoms with van der Waals surface area (Å²) in [6, 6.07) is 7.70. The first-order valence-corrected chi connectivity index (χ1v) is 17.1. The normalized spacial score (nSPS) is 18.1. The molecule has 54 heavy (non-hydrogen) atoms. The summed E-state index contributed by atoms with van der Waals surface area (Å²) in [5, 5.41) is 21.4. The van der Waals surface area contributed by atoms with Crippen molar-refractivity contribution in [1.82, 2.24) is 29.9 Å². The van der Waals surface area contributed by atoms with E-state index in [4.69, 9.17) is 22.3 Å². The number of hydrogen-bond donors (Lipinski definition) is 3. The Morgan fingerprint density at radius 1 is 1.09 bits per heavy atom. The van der Waals surface area contributed by atoms with E-state index < -0.39 is 76.6 Å². The van der Waals surface area contributed by atoms with Gasteiger partial charge in [0.1, 0.15) is 35.2 Å². The fourth-order valence-corrected chi connectivity index (χ4v) is 7.64. The molecular formula is C37H31ClF7N7O2. The molecule has 2 aromatic carbocycles. The van der Waals surface area contributed by atoms with Crippen LogP contribution in [0.5, 0.6) is 0 Å². The zero-order valence-corrected chi connectivity index (χ0v) is 29.6.